The number of hydrogen-bond acceptors (Lipinski definition) is 2. The lowest BCUT2D eigenvalue weighted by Crippen LogP contribution is -2.18. The fourth-order valence-corrected chi connectivity index (χ4v) is 3.62. The van der Waals surface area contributed by atoms with Gasteiger partial charge in [0.15, 0.2) is 0 Å². The average Bonchev–Trinajstić information content (AvgIpc) is 2.30. The second-order valence-corrected chi connectivity index (χ2v) is 6.36. The first-order chi connectivity index (χ1) is 8.08. The largest absolute Gasteiger partial charge is 0.279 e. The van der Waals surface area contributed by atoms with E-state index < -0.39 is 10.0 Å². The number of fused-ring (bicyclic) bond motifs is 3. The normalized spacial score (nSPS) is 15.6. The van der Waals surface area contributed by atoms with E-state index in [1.165, 1.54) is 0 Å². The van der Waals surface area contributed by atoms with E-state index in [0.717, 1.165) is 15.6 Å². The number of hydrogen-bond donors (Lipinski definition) is 1. The zero-order valence-corrected chi connectivity index (χ0v) is 11.0. The minimum Gasteiger partial charge on any atom is -0.279 e. The quantitative estimate of drug-likeness (QED) is 0.812. The van der Waals surface area contributed by atoms with Crippen LogP contribution in [0.2, 0.25) is 0 Å². The maximum atomic E-state index is 12.0. The summed E-state index contributed by atoms with van der Waals surface area (Å²) in [6.07, 6.45) is 0. The Balaban J connectivity index is 2.41. The lowest BCUT2D eigenvalue weighted by atomic mass is 10.0. The summed E-state index contributed by atoms with van der Waals surface area (Å²) in [5.41, 5.74) is 2.25. The monoisotopic (exact) mass is 309 g/mol. The Labute approximate surface area is 108 Å². The summed E-state index contributed by atoms with van der Waals surface area (Å²) in [6.45, 7) is 0. The molecule has 1 N–H and O–H groups in total. The van der Waals surface area contributed by atoms with Gasteiger partial charge in [0, 0.05) is 15.6 Å². The summed E-state index contributed by atoms with van der Waals surface area (Å²) in [6, 6.07) is 12.5. The molecule has 0 amide bonds. The van der Waals surface area contributed by atoms with E-state index in [4.69, 9.17) is 0 Å². The summed E-state index contributed by atoms with van der Waals surface area (Å²) in [5.74, 6) is 0. The van der Waals surface area contributed by atoms with Crippen LogP contribution < -0.4 is 4.72 Å². The van der Waals surface area contributed by atoms with Crippen molar-refractivity contribution >= 4 is 31.6 Å². The van der Waals surface area contributed by atoms with E-state index in [2.05, 4.69) is 20.7 Å². The van der Waals surface area contributed by atoms with Gasteiger partial charge in [-0.2, -0.15) is 0 Å². The van der Waals surface area contributed by atoms with Gasteiger partial charge in [-0.15, -0.1) is 0 Å². The van der Waals surface area contributed by atoms with Crippen molar-refractivity contribution in [3.63, 3.8) is 0 Å². The maximum Gasteiger partial charge on any atom is 0.262 e. The first-order valence-electron chi connectivity index (χ1n) is 5.00. The third kappa shape index (κ3) is 1.66. The zero-order valence-electron chi connectivity index (χ0n) is 8.64. The molecular weight excluding hydrogens is 302 g/mol. The molecule has 0 radical (unpaired) electrons. The highest BCUT2D eigenvalue weighted by molar-refractivity contribution is 9.10. The molecule has 1 heterocycles. The van der Waals surface area contributed by atoms with Gasteiger partial charge in [-0.05, 0) is 24.3 Å². The molecule has 17 heavy (non-hydrogen) atoms. The number of rotatable bonds is 0. The second kappa shape index (κ2) is 3.58. The lowest BCUT2D eigenvalue weighted by molar-refractivity contribution is 0.601. The molecule has 3 nitrogen and oxygen atoms in total. The number of sulfonamides is 1. The molecule has 0 fully saturated rings. The van der Waals surface area contributed by atoms with Crippen molar-refractivity contribution in [1.82, 2.24) is 0 Å². The first-order valence-corrected chi connectivity index (χ1v) is 7.27. The number of benzene rings is 2. The van der Waals surface area contributed by atoms with Gasteiger partial charge in [0.1, 0.15) is 0 Å². The summed E-state index contributed by atoms with van der Waals surface area (Å²) >= 11 is 3.39. The minimum absolute atomic E-state index is 0.325. The predicted molar refractivity (Wildman–Crippen MR) is 70.4 cm³/mol. The zero-order chi connectivity index (χ0) is 12.0. The molecule has 1 aliphatic rings. The molecule has 0 unspecified atom stereocenters. The number of halogens is 1. The fraction of sp³-hybridized carbons (Fsp3) is 0. The van der Waals surface area contributed by atoms with Crippen LogP contribution in [-0.2, 0) is 10.0 Å². The maximum absolute atomic E-state index is 12.0. The predicted octanol–water partition coefficient (Wildman–Crippen LogP) is 3.23. The van der Waals surface area contributed by atoms with Crippen molar-refractivity contribution < 1.29 is 8.42 Å². The van der Waals surface area contributed by atoms with E-state index in [9.17, 15) is 8.42 Å². The van der Waals surface area contributed by atoms with Crippen molar-refractivity contribution in [1.29, 1.82) is 0 Å². The van der Waals surface area contributed by atoms with Gasteiger partial charge in [0.05, 0.1) is 10.6 Å². The highest BCUT2D eigenvalue weighted by Gasteiger charge is 2.26. The standard InChI is InChI=1S/C12H8BrNO2S/c13-8-5-6-11-10(7-8)9-3-1-2-4-12(9)17(15,16)14-11/h1-7,14H. The Bertz CT molecular complexity index is 710. The molecule has 0 saturated carbocycles. The van der Waals surface area contributed by atoms with Crippen LogP contribution in [0.1, 0.15) is 0 Å². The van der Waals surface area contributed by atoms with Crippen LogP contribution in [0.4, 0.5) is 5.69 Å². The minimum atomic E-state index is -3.43. The third-order valence-corrected chi connectivity index (χ3v) is 4.61. The summed E-state index contributed by atoms with van der Waals surface area (Å²) in [5, 5.41) is 0. The molecule has 0 atom stereocenters. The van der Waals surface area contributed by atoms with Gasteiger partial charge < -0.3 is 0 Å². The Morgan fingerprint density at radius 1 is 1.00 bits per heavy atom. The van der Waals surface area contributed by atoms with Gasteiger partial charge in [0.2, 0.25) is 0 Å². The molecule has 3 rings (SSSR count). The molecule has 0 aromatic heterocycles. The molecule has 0 saturated heterocycles. The number of nitrogens with one attached hydrogen (secondary N) is 1. The molecule has 1 aliphatic heterocycles. The van der Waals surface area contributed by atoms with Gasteiger partial charge in [-0.25, -0.2) is 8.42 Å². The average molecular weight is 310 g/mol. The van der Waals surface area contributed by atoms with Crippen LogP contribution >= 0.6 is 15.9 Å². The SMILES string of the molecule is O=S1(=O)Nc2ccc(Br)cc2-c2ccccc21. The van der Waals surface area contributed by atoms with Gasteiger partial charge in [0.25, 0.3) is 10.0 Å². The second-order valence-electron chi connectivity index (χ2n) is 3.79. The van der Waals surface area contributed by atoms with Crippen molar-refractivity contribution in [2.75, 3.05) is 4.72 Å². The van der Waals surface area contributed by atoms with Crippen LogP contribution in [0.15, 0.2) is 51.8 Å². The Hall–Kier alpha value is -1.33. The van der Waals surface area contributed by atoms with Crippen LogP contribution in [0, 0.1) is 0 Å². The van der Waals surface area contributed by atoms with Gasteiger partial charge in [-0.1, -0.05) is 34.1 Å². The molecular formula is C12H8BrNO2S. The summed E-state index contributed by atoms with van der Waals surface area (Å²) in [7, 11) is -3.43. The molecule has 2 aromatic rings. The topological polar surface area (TPSA) is 46.2 Å². The number of anilines is 1. The van der Waals surface area contributed by atoms with Gasteiger partial charge >= 0.3 is 0 Å². The third-order valence-electron chi connectivity index (χ3n) is 2.69. The van der Waals surface area contributed by atoms with Crippen molar-refractivity contribution in [2.24, 2.45) is 0 Å². The van der Waals surface area contributed by atoms with Crippen molar-refractivity contribution in [3.05, 3.63) is 46.9 Å². The van der Waals surface area contributed by atoms with Crippen LogP contribution in [0.5, 0.6) is 0 Å². The van der Waals surface area contributed by atoms with Crippen molar-refractivity contribution in [2.45, 2.75) is 4.90 Å². The molecule has 0 bridgehead atoms. The first kappa shape index (κ1) is 10.8. The van der Waals surface area contributed by atoms with Crippen molar-refractivity contribution in [3.8, 4) is 11.1 Å². The molecule has 0 aliphatic carbocycles. The summed E-state index contributed by atoms with van der Waals surface area (Å²) in [4.78, 5) is 0.325. The smallest absolute Gasteiger partial charge is 0.262 e. The van der Waals surface area contributed by atoms with Crippen LogP contribution in [0.25, 0.3) is 11.1 Å². The Morgan fingerprint density at radius 2 is 1.76 bits per heavy atom. The van der Waals surface area contributed by atoms with E-state index in [1.807, 2.05) is 24.3 Å². The molecule has 5 heteroatoms. The molecule has 2 aromatic carbocycles. The molecule has 86 valence electrons. The van der Waals surface area contributed by atoms with E-state index in [1.54, 1.807) is 18.2 Å². The fourth-order valence-electron chi connectivity index (χ4n) is 1.95. The highest BCUT2D eigenvalue weighted by atomic mass is 79.9. The Morgan fingerprint density at radius 3 is 2.59 bits per heavy atom. The van der Waals surface area contributed by atoms with E-state index in [-0.39, 0.29) is 0 Å². The van der Waals surface area contributed by atoms with E-state index in [0.29, 0.717) is 10.6 Å². The van der Waals surface area contributed by atoms with Crippen LogP contribution in [0.3, 0.4) is 0 Å². The molecule has 0 spiro atoms. The van der Waals surface area contributed by atoms with Gasteiger partial charge in [-0.3, -0.25) is 4.72 Å². The summed E-state index contributed by atoms with van der Waals surface area (Å²) < 4.78 is 27.5. The lowest BCUT2D eigenvalue weighted by Gasteiger charge is -2.21. The Kier molecular flexibility index (Phi) is 2.27. The van der Waals surface area contributed by atoms with E-state index >= 15 is 0 Å². The highest BCUT2D eigenvalue weighted by Crippen LogP contribution is 2.39. The van der Waals surface area contributed by atoms with Crippen LogP contribution in [-0.4, -0.2) is 8.42 Å².